The third-order valence-electron chi connectivity index (χ3n) is 3.67. The molecule has 0 spiro atoms. The van der Waals surface area contributed by atoms with Crippen LogP contribution in [0.4, 0.5) is 0 Å². The maximum atomic E-state index is 12.5. The molecule has 0 atom stereocenters. The first-order valence-electron chi connectivity index (χ1n) is 8.55. The molecule has 0 radical (unpaired) electrons. The van der Waals surface area contributed by atoms with Crippen molar-refractivity contribution in [3.8, 4) is 0 Å². The topological polar surface area (TPSA) is 86.1 Å². The predicted molar refractivity (Wildman–Crippen MR) is 95.6 cm³/mol. The minimum Gasteiger partial charge on any atom is -0.452 e. The van der Waals surface area contributed by atoms with Crippen LogP contribution >= 0.6 is 0 Å². The molecule has 0 aliphatic rings. The molecule has 0 aromatic carbocycles. The van der Waals surface area contributed by atoms with Gasteiger partial charge in [-0.1, -0.05) is 13.8 Å². The Balaban J connectivity index is 2.35. The molecule has 25 heavy (non-hydrogen) atoms. The molecular weight excluding hydrogens is 320 g/mol. The van der Waals surface area contributed by atoms with Crippen molar-refractivity contribution in [3.63, 3.8) is 0 Å². The lowest BCUT2D eigenvalue weighted by Crippen LogP contribution is -2.34. The number of amides is 1. The zero-order chi connectivity index (χ0) is 18.7. The van der Waals surface area contributed by atoms with E-state index in [0.29, 0.717) is 16.6 Å². The van der Waals surface area contributed by atoms with Crippen molar-refractivity contribution in [2.45, 2.75) is 59.5 Å². The van der Waals surface area contributed by atoms with Crippen LogP contribution in [0.1, 0.15) is 69.6 Å². The van der Waals surface area contributed by atoms with E-state index in [4.69, 9.17) is 4.74 Å². The van der Waals surface area contributed by atoms with Crippen LogP contribution in [0, 0.1) is 0 Å². The molecule has 0 aliphatic carbocycles. The Kier molecular flexibility index (Phi) is 5.77. The number of ether oxygens (including phenoxy) is 1. The lowest BCUT2D eigenvalue weighted by molar-refractivity contribution is -0.124. The van der Waals surface area contributed by atoms with E-state index in [1.165, 1.54) is 0 Å². The summed E-state index contributed by atoms with van der Waals surface area (Å²) in [5.74, 6) is -0.720. The van der Waals surface area contributed by atoms with Crippen LogP contribution in [0.3, 0.4) is 0 Å². The van der Waals surface area contributed by atoms with Gasteiger partial charge in [0, 0.05) is 17.8 Å². The molecule has 0 saturated carbocycles. The average molecular weight is 346 g/mol. The molecule has 0 saturated heterocycles. The van der Waals surface area contributed by atoms with Crippen LogP contribution in [0.25, 0.3) is 11.0 Å². The summed E-state index contributed by atoms with van der Waals surface area (Å²) in [4.78, 5) is 28.9. The summed E-state index contributed by atoms with van der Waals surface area (Å²) in [5, 5.41) is 7.66. The Morgan fingerprint density at radius 3 is 2.44 bits per heavy atom. The number of aromatic nitrogens is 3. The second kappa shape index (κ2) is 7.63. The van der Waals surface area contributed by atoms with Gasteiger partial charge in [0.1, 0.15) is 0 Å². The summed E-state index contributed by atoms with van der Waals surface area (Å²) < 4.78 is 6.97. The van der Waals surface area contributed by atoms with E-state index in [-0.39, 0.29) is 30.5 Å². The number of carbonyl (C=O) groups excluding carboxylic acids is 2. The van der Waals surface area contributed by atoms with Gasteiger partial charge in [-0.25, -0.2) is 14.5 Å². The zero-order valence-corrected chi connectivity index (χ0v) is 15.7. The molecular formula is C18H26N4O3. The Hall–Kier alpha value is -2.44. The van der Waals surface area contributed by atoms with Gasteiger partial charge in [0.25, 0.3) is 5.91 Å². The molecule has 2 heterocycles. The summed E-state index contributed by atoms with van der Waals surface area (Å²) in [6.07, 6.45) is 1.62. The highest BCUT2D eigenvalue weighted by molar-refractivity contribution is 6.03. The number of carbonyl (C=O) groups is 2. The Morgan fingerprint density at radius 1 is 1.20 bits per heavy atom. The van der Waals surface area contributed by atoms with Crippen LogP contribution < -0.4 is 5.32 Å². The molecule has 0 aliphatic heterocycles. The summed E-state index contributed by atoms with van der Waals surface area (Å²) in [6, 6.07) is 1.84. The molecule has 136 valence electrons. The Labute approximate surface area is 147 Å². The van der Waals surface area contributed by atoms with E-state index in [1.54, 1.807) is 16.9 Å². The van der Waals surface area contributed by atoms with Crippen molar-refractivity contribution < 1.29 is 14.3 Å². The number of rotatable bonds is 6. The highest BCUT2D eigenvalue weighted by atomic mass is 16.5. The number of nitrogens with zero attached hydrogens (tertiary/aromatic N) is 3. The fourth-order valence-electron chi connectivity index (χ4n) is 2.45. The van der Waals surface area contributed by atoms with Crippen molar-refractivity contribution in [1.29, 1.82) is 0 Å². The smallest absolute Gasteiger partial charge is 0.339 e. The van der Waals surface area contributed by atoms with Gasteiger partial charge in [0.05, 0.1) is 17.1 Å². The first-order valence-corrected chi connectivity index (χ1v) is 8.55. The monoisotopic (exact) mass is 346 g/mol. The molecule has 2 rings (SSSR count). The lowest BCUT2D eigenvalue weighted by Gasteiger charge is -2.12. The summed E-state index contributed by atoms with van der Waals surface area (Å²) >= 11 is 0. The normalized spacial score (nSPS) is 11.6. The van der Waals surface area contributed by atoms with E-state index < -0.39 is 5.97 Å². The number of hydrogen-bond donors (Lipinski definition) is 1. The van der Waals surface area contributed by atoms with E-state index >= 15 is 0 Å². The highest BCUT2D eigenvalue weighted by Crippen LogP contribution is 2.24. The lowest BCUT2D eigenvalue weighted by atomic mass is 10.1. The van der Waals surface area contributed by atoms with Gasteiger partial charge >= 0.3 is 5.97 Å². The number of fused-ring (bicyclic) bond motifs is 1. The molecule has 7 nitrogen and oxygen atoms in total. The largest absolute Gasteiger partial charge is 0.452 e. The van der Waals surface area contributed by atoms with Gasteiger partial charge in [0.15, 0.2) is 12.3 Å². The summed E-state index contributed by atoms with van der Waals surface area (Å²) in [7, 11) is 0. The molecule has 2 aromatic rings. The van der Waals surface area contributed by atoms with Crippen LogP contribution in [0.2, 0.25) is 0 Å². The van der Waals surface area contributed by atoms with E-state index in [0.717, 1.165) is 5.69 Å². The molecule has 7 heteroatoms. The highest BCUT2D eigenvalue weighted by Gasteiger charge is 2.20. The van der Waals surface area contributed by atoms with Crippen LogP contribution in [0.15, 0.2) is 12.3 Å². The number of hydrogen-bond acceptors (Lipinski definition) is 5. The fourth-order valence-corrected chi connectivity index (χ4v) is 2.45. The Morgan fingerprint density at radius 2 is 1.88 bits per heavy atom. The second-order valence-electron chi connectivity index (χ2n) is 6.97. The van der Waals surface area contributed by atoms with Crippen molar-refractivity contribution in [2.75, 3.05) is 6.61 Å². The maximum Gasteiger partial charge on any atom is 0.339 e. The predicted octanol–water partition coefficient (Wildman–Crippen LogP) is 2.82. The van der Waals surface area contributed by atoms with Crippen molar-refractivity contribution in [2.24, 2.45) is 0 Å². The summed E-state index contributed by atoms with van der Waals surface area (Å²) in [5.41, 5.74) is 1.83. The van der Waals surface area contributed by atoms with Gasteiger partial charge in [-0.3, -0.25) is 4.79 Å². The van der Waals surface area contributed by atoms with Crippen LogP contribution in [0.5, 0.6) is 0 Å². The van der Waals surface area contributed by atoms with Crippen LogP contribution in [-0.4, -0.2) is 39.3 Å². The Bertz CT molecular complexity index is 778. The number of esters is 1. The van der Waals surface area contributed by atoms with Crippen molar-refractivity contribution in [1.82, 2.24) is 20.1 Å². The van der Waals surface area contributed by atoms with Gasteiger partial charge in [0.2, 0.25) is 0 Å². The average Bonchev–Trinajstić information content (AvgIpc) is 2.94. The van der Waals surface area contributed by atoms with E-state index in [1.807, 2.05) is 41.5 Å². The third kappa shape index (κ3) is 4.35. The minimum absolute atomic E-state index is 0.00403. The van der Waals surface area contributed by atoms with Gasteiger partial charge < -0.3 is 10.1 Å². The van der Waals surface area contributed by atoms with Gasteiger partial charge in [-0.05, 0) is 39.7 Å². The number of nitrogens with one attached hydrogen (secondary N) is 1. The van der Waals surface area contributed by atoms with Gasteiger partial charge in [-0.15, -0.1) is 0 Å². The SMILES string of the molecule is CC(C)NC(=O)COC(=O)c1cc(C(C)C)nc2c1cnn2C(C)C. The van der Waals surface area contributed by atoms with Crippen molar-refractivity contribution >= 4 is 22.9 Å². The summed E-state index contributed by atoms with van der Waals surface area (Å²) in [6.45, 7) is 11.4. The molecule has 2 aromatic heterocycles. The molecule has 1 N–H and O–H groups in total. The molecule has 0 unspecified atom stereocenters. The van der Waals surface area contributed by atoms with E-state index in [9.17, 15) is 9.59 Å². The fraction of sp³-hybridized carbons (Fsp3) is 0.556. The third-order valence-corrected chi connectivity index (χ3v) is 3.67. The van der Waals surface area contributed by atoms with Crippen molar-refractivity contribution in [3.05, 3.63) is 23.5 Å². The van der Waals surface area contributed by atoms with Crippen LogP contribution in [-0.2, 0) is 9.53 Å². The molecule has 1 amide bonds. The zero-order valence-electron chi connectivity index (χ0n) is 15.7. The first-order chi connectivity index (χ1) is 11.7. The maximum absolute atomic E-state index is 12.5. The standard InChI is InChI=1S/C18H26N4O3/c1-10(2)15-7-13(18(24)25-9-16(23)20-11(3)4)14-8-19-22(12(5)6)17(14)21-15/h7-8,10-12H,9H2,1-6H3,(H,20,23). The van der Waals surface area contributed by atoms with Gasteiger partial charge in [-0.2, -0.15) is 5.10 Å². The number of pyridine rings is 1. The quantitative estimate of drug-likeness (QED) is 0.813. The van der Waals surface area contributed by atoms with E-state index in [2.05, 4.69) is 15.4 Å². The second-order valence-corrected chi connectivity index (χ2v) is 6.97. The minimum atomic E-state index is -0.545. The molecule has 0 bridgehead atoms. The molecule has 0 fully saturated rings. The first kappa shape index (κ1) is 18.9.